The number of fused-ring (bicyclic) bond motifs is 1. The molecule has 1 aromatic carbocycles. The molecule has 1 fully saturated rings. The lowest BCUT2D eigenvalue weighted by Crippen LogP contribution is -2.70. The van der Waals surface area contributed by atoms with Gasteiger partial charge in [0.25, 0.3) is 11.8 Å². The van der Waals surface area contributed by atoms with Gasteiger partial charge in [-0.05, 0) is 23.3 Å². The van der Waals surface area contributed by atoms with Crippen molar-refractivity contribution < 1.29 is 33.8 Å². The van der Waals surface area contributed by atoms with E-state index in [-0.39, 0.29) is 35.3 Å². The molecule has 1 unspecified atom stereocenters. The summed E-state index contributed by atoms with van der Waals surface area (Å²) in [6.07, 6.45) is -0.0240. The Hall–Kier alpha value is -3.76. The average Bonchev–Trinajstić information content (AvgIpc) is 3.35. The second-order valence-electron chi connectivity index (χ2n) is 7.82. The third-order valence-corrected chi connectivity index (χ3v) is 7.92. The van der Waals surface area contributed by atoms with Gasteiger partial charge in [-0.2, -0.15) is 5.21 Å². The smallest absolute Gasteiger partial charge is 0.352 e. The number of benzene rings is 1. The van der Waals surface area contributed by atoms with Gasteiger partial charge in [0.2, 0.25) is 5.91 Å². The van der Waals surface area contributed by atoms with Crippen molar-refractivity contribution in [2.75, 3.05) is 25.3 Å². The number of amides is 3. The summed E-state index contributed by atoms with van der Waals surface area (Å²) in [6.45, 7) is -0.0304. The standard InChI is InChI=1S/C21H23N7O7S2/c1-34-12-4-9(2-3-11(12)35-8-22)5-13(29)24-15-19(31)28-16(21(32)33)10(7-37-20(15)28)6-36-18-14(17(23)30)25-27-26-18/h2-4,15,20H,5-8,22H2,1H3,(H2,23,30)(H,24,29)(H,32,33)(H,25,26,27)/t15?,20-/m0/s1. The van der Waals surface area contributed by atoms with E-state index in [2.05, 4.69) is 20.7 Å². The first kappa shape index (κ1) is 26.3. The summed E-state index contributed by atoms with van der Waals surface area (Å²) in [4.78, 5) is 50.2. The van der Waals surface area contributed by atoms with Crippen molar-refractivity contribution in [1.29, 1.82) is 0 Å². The molecule has 0 bridgehead atoms. The van der Waals surface area contributed by atoms with Gasteiger partial charge in [-0.1, -0.05) is 17.8 Å². The molecule has 0 spiro atoms. The number of methoxy groups -OCH3 is 1. The number of aliphatic carboxylic acids is 1. The van der Waals surface area contributed by atoms with E-state index < -0.39 is 35.1 Å². The van der Waals surface area contributed by atoms with Crippen LogP contribution >= 0.6 is 23.5 Å². The molecule has 3 amide bonds. The number of aromatic nitrogens is 3. The number of rotatable bonds is 11. The van der Waals surface area contributed by atoms with Crippen molar-refractivity contribution in [1.82, 2.24) is 25.6 Å². The van der Waals surface area contributed by atoms with Crippen molar-refractivity contribution in [3.8, 4) is 11.5 Å². The second-order valence-corrected chi connectivity index (χ2v) is 9.88. The summed E-state index contributed by atoms with van der Waals surface area (Å²) in [6, 6.07) is 4.10. The first-order valence-corrected chi connectivity index (χ1v) is 12.8. The Morgan fingerprint density at radius 2 is 2.11 bits per heavy atom. The van der Waals surface area contributed by atoms with Crippen molar-refractivity contribution in [2.45, 2.75) is 22.9 Å². The number of primary amides is 1. The van der Waals surface area contributed by atoms with Gasteiger partial charge >= 0.3 is 5.97 Å². The van der Waals surface area contributed by atoms with E-state index in [1.807, 2.05) is 0 Å². The normalized spacial score (nSPS) is 18.6. The monoisotopic (exact) mass is 549 g/mol. The number of carboxylic acids is 1. The van der Waals surface area contributed by atoms with Gasteiger partial charge in [0, 0.05) is 11.5 Å². The summed E-state index contributed by atoms with van der Waals surface area (Å²) >= 11 is 2.42. The number of carbonyl (C=O) groups is 4. The summed E-state index contributed by atoms with van der Waals surface area (Å²) in [7, 11) is 1.47. The first-order valence-electron chi connectivity index (χ1n) is 10.8. The van der Waals surface area contributed by atoms with E-state index in [0.29, 0.717) is 28.4 Å². The van der Waals surface area contributed by atoms with Crippen molar-refractivity contribution in [2.24, 2.45) is 11.5 Å². The maximum atomic E-state index is 12.9. The van der Waals surface area contributed by atoms with Crippen molar-refractivity contribution in [3.05, 3.63) is 40.7 Å². The Labute approximate surface area is 218 Å². The quantitative estimate of drug-likeness (QED) is 0.133. The van der Waals surface area contributed by atoms with E-state index in [1.54, 1.807) is 18.2 Å². The molecule has 1 saturated heterocycles. The van der Waals surface area contributed by atoms with E-state index >= 15 is 0 Å². The van der Waals surface area contributed by atoms with Crippen LogP contribution in [0.3, 0.4) is 0 Å². The fourth-order valence-electron chi connectivity index (χ4n) is 3.87. The molecule has 2 aliphatic heterocycles. The summed E-state index contributed by atoms with van der Waals surface area (Å²) in [5.74, 6) is -1.64. The molecule has 196 valence electrons. The minimum Gasteiger partial charge on any atom is -0.493 e. The first-order chi connectivity index (χ1) is 17.7. The number of H-pyrrole nitrogens is 1. The van der Waals surface area contributed by atoms with E-state index in [4.69, 9.17) is 20.9 Å². The predicted octanol–water partition coefficient (Wildman–Crippen LogP) is -0.719. The topological polar surface area (TPSA) is 216 Å². The molecule has 37 heavy (non-hydrogen) atoms. The zero-order valence-corrected chi connectivity index (χ0v) is 21.1. The highest BCUT2D eigenvalue weighted by molar-refractivity contribution is 8.01. The number of carbonyl (C=O) groups excluding carboxylic acids is 3. The number of ether oxygens (including phenoxy) is 2. The van der Waals surface area contributed by atoms with Crippen LogP contribution in [-0.4, -0.2) is 85.9 Å². The van der Waals surface area contributed by atoms with Crippen LogP contribution in [0.2, 0.25) is 0 Å². The van der Waals surface area contributed by atoms with Crippen LogP contribution in [0.4, 0.5) is 0 Å². The van der Waals surface area contributed by atoms with E-state index in [9.17, 15) is 24.3 Å². The Balaban J connectivity index is 1.42. The molecule has 14 nitrogen and oxygen atoms in total. The number of nitrogens with one attached hydrogen (secondary N) is 2. The maximum absolute atomic E-state index is 12.9. The lowest BCUT2D eigenvalue weighted by atomic mass is 10.0. The zero-order valence-electron chi connectivity index (χ0n) is 19.4. The third kappa shape index (κ3) is 5.35. The molecule has 4 rings (SSSR count). The van der Waals surface area contributed by atoms with Gasteiger partial charge < -0.3 is 25.6 Å². The highest BCUT2D eigenvalue weighted by atomic mass is 32.2. The predicted molar refractivity (Wildman–Crippen MR) is 132 cm³/mol. The van der Waals surface area contributed by atoms with Crippen LogP contribution in [0.15, 0.2) is 34.5 Å². The molecular weight excluding hydrogens is 526 g/mol. The lowest BCUT2D eigenvalue weighted by molar-refractivity contribution is -0.150. The van der Waals surface area contributed by atoms with Crippen molar-refractivity contribution >= 4 is 47.2 Å². The number of aromatic amines is 1. The van der Waals surface area contributed by atoms with Crippen LogP contribution in [0.5, 0.6) is 11.5 Å². The average molecular weight is 550 g/mol. The number of hydrogen-bond donors (Lipinski definition) is 5. The number of nitrogens with two attached hydrogens (primary N) is 2. The summed E-state index contributed by atoms with van der Waals surface area (Å²) in [5.41, 5.74) is 11.6. The van der Waals surface area contributed by atoms with Gasteiger partial charge in [0.1, 0.15) is 23.8 Å². The minimum atomic E-state index is -1.26. The van der Waals surface area contributed by atoms with Crippen LogP contribution < -0.4 is 26.3 Å². The van der Waals surface area contributed by atoms with Crippen LogP contribution in [0.25, 0.3) is 0 Å². The number of β-lactam (4-membered cyclic amide) rings is 1. The van der Waals surface area contributed by atoms with E-state index in [0.717, 1.165) is 11.8 Å². The van der Waals surface area contributed by atoms with Gasteiger partial charge in [-0.3, -0.25) is 25.0 Å². The van der Waals surface area contributed by atoms with Gasteiger partial charge in [0.05, 0.1) is 13.5 Å². The SMILES string of the molecule is COc1cc(CC(=O)NC2C(=O)N3C(C(=O)O)=C(CSc4n[nH]nc4C(N)=O)CS[C@@H]23)ccc1OCN. The largest absolute Gasteiger partial charge is 0.493 e. The fourth-order valence-corrected chi connectivity index (χ4v) is 6.29. The zero-order chi connectivity index (χ0) is 26.7. The fraction of sp³-hybridized carbons (Fsp3) is 0.333. The van der Waals surface area contributed by atoms with E-state index in [1.165, 1.54) is 23.8 Å². The molecule has 1 aromatic heterocycles. The number of nitrogens with zero attached hydrogens (tertiary/aromatic N) is 3. The maximum Gasteiger partial charge on any atom is 0.352 e. The van der Waals surface area contributed by atoms with Crippen LogP contribution in [-0.2, 0) is 20.8 Å². The number of hydrogen-bond acceptors (Lipinski definition) is 11. The Kier molecular flexibility index (Phi) is 7.89. The van der Waals surface area contributed by atoms with Crippen molar-refractivity contribution in [3.63, 3.8) is 0 Å². The van der Waals surface area contributed by atoms with Crippen LogP contribution in [0.1, 0.15) is 16.1 Å². The summed E-state index contributed by atoms with van der Waals surface area (Å²) < 4.78 is 10.5. The second kappa shape index (κ2) is 11.1. The molecule has 0 saturated carbocycles. The lowest BCUT2D eigenvalue weighted by Gasteiger charge is -2.49. The number of carboxylic acid groups (broad SMARTS) is 1. The Morgan fingerprint density at radius 3 is 2.78 bits per heavy atom. The molecule has 2 aliphatic rings. The molecule has 3 heterocycles. The van der Waals surface area contributed by atoms with Gasteiger partial charge in [-0.15, -0.1) is 22.0 Å². The Morgan fingerprint density at radius 1 is 1.32 bits per heavy atom. The molecule has 7 N–H and O–H groups in total. The van der Waals surface area contributed by atoms with Gasteiger partial charge in [0.15, 0.2) is 22.2 Å². The molecule has 0 radical (unpaired) electrons. The number of thioether (sulfide) groups is 2. The highest BCUT2D eigenvalue weighted by Gasteiger charge is 2.54. The van der Waals surface area contributed by atoms with Gasteiger partial charge in [-0.25, -0.2) is 4.79 Å². The summed E-state index contributed by atoms with van der Waals surface area (Å²) in [5, 5.41) is 22.1. The minimum absolute atomic E-state index is 0.0240. The molecule has 16 heteroatoms. The molecule has 0 aliphatic carbocycles. The molecular formula is C21H23N7O7S2. The molecule has 2 aromatic rings. The Bertz CT molecular complexity index is 1280. The van der Waals surface area contributed by atoms with Crippen LogP contribution in [0, 0.1) is 0 Å². The highest BCUT2D eigenvalue weighted by Crippen LogP contribution is 2.41. The molecule has 2 atom stereocenters. The third-order valence-electron chi connectivity index (χ3n) is 5.53.